The van der Waals surface area contributed by atoms with Gasteiger partial charge in [-0.3, -0.25) is 19.3 Å². The van der Waals surface area contributed by atoms with Gasteiger partial charge in [0.15, 0.2) is 0 Å². The van der Waals surface area contributed by atoms with E-state index in [0.717, 1.165) is 23.1 Å². The van der Waals surface area contributed by atoms with Gasteiger partial charge in [0.05, 0.1) is 11.1 Å². The Labute approximate surface area is 174 Å². The van der Waals surface area contributed by atoms with Crippen LogP contribution in [-0.2, 0) is 4.79 Å². The lowest BCUT2D eigenvalue weighted by Gasteiger charge is -2.36. The van der Waals surface area contributed by atoms with Crippen LogP contribution in [0.3, 0.4) is 0 Å². The van der Waals surface area contributed by atoms with E-state index < -0.39 is 11.8 Å². The third-order valence-corrected chi connectivity index (χ3v) is 5.31. The predicted octanol–water partition coefficient (Wildman–Crippen LogP) is 1.16. The number of benzene rings is 1. The summed E-state index contributed by atoms with van der Waals surface area (Å²) in [4.78, 5) is 51.5. The second-order valence-corrected chi connectivity index (χ2v) is 7.30. The molecule has 3 amide bonds. The molecule has 2 aromatic rings. The molecule has 0 unspecified atom stereocenters. The van der Waals surface area contributed by atoms with Crippen LogP contribution in [-0.4, -0.2) is 76.8 Å². The fraction of sp³-hybridized carbons (Fsp3) is 0.381. The highest BCUT2D eigenvalue weighted by Crippen LogP contribution is 2.23. The molecule has 1 aromatic carbocycles. The molecule has 4 rings (SSSR count). The fourth-order valence-corrected chi connectivity index (χ4v) is 3.79. The molecule has 0 bridgehead atoms. The van der Waals surface area contributed by atoms with Gasteiger partial charge in [0, 0.05) is 38.8 Å². The van der Waals surface area contributed by atoms with Gasteiger partial charge in [-0.25, -0.2) is 9.97 Å². The first-order chi connectivity index (χ1) is 14.5. The number of hydrogen-bond acceptors (Lipinski definition) is 7. The number of hydrogen-bond donors (Lipinski definition) is 1. The number of nitrogens with one attached hydrogen (secondary N) is 1. The number of fused-ring (bicyclic) bond motifs is 1. The van der Waals surface area contributed by atoms with Crippen LogP contribution in [0.25, 0.3) is 0 Å². The maximum Gasteiger partial charge on any atom is 0.262 e. The fourth-order valence-electron chi connectivity index (χ4n) is 3.79. The summed E-state index contributed by atoms with van der Waals surface area (Å²) >= 11 is 0. The monoisotopic (exact) mass is 408 g/mol. The summed E-state index contributed by atoms with van der Waals surface area (Å²) in [7, 11) is 0. The van der Waals surface area contributed by atoms with Crippen molar-refractivity contribution in [3.63, 3.8) is 0 Å². The molecule has 30 heavy (non-hydrogen) atoms. The van der Waals surface area contributed by atoms with Gasteiger partial charge in [-0.1, -0.05) is 12.1 Å². The molecular formula is C21H24N6O3. The molecular weight excluding hydrogens is 384 g/mol. The van der Waals surface area contributed by atoms with Crippen LogP contribution in [0.4, 0.5) is 11.6 Å². The lowest BCUT2D eigenvalue weighted by Crippen LogP contribution is -2.52. The van der Waals surface area contributed by atoms with Crippen LogP contribution in [0.1, 0.15) is 33.5 Å². The largest absolute Gasteiger partial charge is 0.370 e. The molecule has 1 fully saturated rings. The molecule has 9 nitrogen and oxygen atoms in total. The molecule has 0 atom stereocenters. The van der Waals surface area contributed by atoms with Gasteiger partial charge in [0.1, 0.15) is 24.0 Å². The Bertz CT molecular complexity index is 965. The second kappa shape index (κ2) is 8.10. The average molecular weight is 408 g/mol. The summed E-state index contributed by atoms with van der Waals surface area (Å²) in [6.45, 7) is 6.65. The smallest absolute Gasteiger partial charge is 0.262 e. The Morgan fingerprint density at radius 2 is 1.67 bits per heavy atom. The van der Waals surface area contributed by atoms with Crippen molar-refractivity contribution >= 4 is 29.4 Å². The van der Waals surface area contributed by atoms with Crippen LogP contribution >= 0.6 is 0 Å². The normalized spacial score (nSPS) is 16.1. The first kappa shape index (κ1) is 19.8. The van der Waals surface area contributed by atoms with Gasteiger partial charge >= 0.3 is 0 Å². The molecule has 0 spiro atoms. The van der Waals surface area contributed by atoms with Crippen LogP contribution in [0.5, 0.6) is 0 Å². The predicted molar refractivity (Wildman–Crippen MR) is 112 cm³/mol. The number of anilines is 2. The van der Waals surface area contributed by atoms with E-state index in [0.29, 0.717) is 43.1 Å². The van der Waals surface area contributed by atoms with Gasteiger partial charge in [-0.05, 0) is 26.0 Å². The standard InChI is InChI=1S/C21H24N6O3/c1-3-22-17-12-18(24-14(2)23-17)25-8-10-26(11-9-25)19(28)13-27-20(29)15-6-4-5-7-16(15)21(27)30/h4-7,12H,3,8-11,13H2,1-2H3,(H,22,23,24). The lowest BCUT2D eigenvalue weighted by atomic mass is 10.1. The third kappa shape index (κ3) is 3.70. The van der Waals surface area contributed by atoms with Crippen molar-refractivity contribution in [3.8, 4) is 0 Å². The van der Waals surface area contributed by atoms with Crippen molar-refractivity contribution in [2.45, 2.75) is 13.8 Å². The zero-order valence-electron chi connectivity index (χ0n) is 17.1. The van der Waals surface area contributed by atoms with E-state index in [2.05, 4.69) is 20.2 Å². The van der Waals surface area contributed by atoms with Crippen molar-refractivity contribution in [1.29, 1.82) is 0 Å². The number of rotatable bonds is 5. The van der Waals surface area contributed by atoms with Crippen molar-refractivity contribution in [2.75, 3.05) is 49.5 Å². The number of aromatic nitrogens is 2. The summed E-state index contributed by atoms with van der Waals surface area (Å²) in [5, 5.41) is 3.20. The second-order valence-electron chi connectivity index (χ2n) is 7.30. The number of imide groups is 1. The summed E-state index contributed by atoms with van der Waals surface area (Å²) in [5.41, 5.74) is 0.714. The molecule has 0 aliphatic carbocycles. The van der Waals surface area contributed by atoms with Gasteiger partial charge in [0.2, 0.25) is 5.91 Å². The van der Waals surface area contributed by atoms with Crippen LogP contribution < -0.4 is 10.2 Å². The van der Waals surface area contributed by atoms with E-state index in [4.69, 9.17) is 0 Å². The Hall–Kier alpha value is -3.49. The molecule has 2 aliphatic heterocycles. The molecule has 0 radical (unpaired) electrons. The van der Waals surface area contributed by atoms with E-state index in [1.165, 1.54) is 0 Å². The highest BCUT2D eigenvalue weighted by atomic mass is 16.2. The van der Waals surface area contributed by atoms with Crippen molar-refractivity contribution < 1.29 is 14.4 Å². The van der Waals surface area contributed by atoms with Gasteiger partial charge in [0.25, 0.3) is 11.8 Å². The zero-order valence-corrected chi connectivity index (χ0v) is 17.1. The van der Waals surface area contributed by atoms with E-state index >= 15 is 0 Å². The van der Waals surface area contributed by atoms with Gasteiger partial charge in [-0.2, -0.15) is 0 Å². The molecule has 1 aromatic heterocycles. The Balaban J connectivity index is 1.38. The minimum atomic E-state index is -0.407. The topological polar surface area (TPSA) is 98.7 Å². The molecule has 1 saturated heterocycles. The first-order valence-corrected chi connectivity index (χ1v) is 10.1. The van der Waals surface area contributed by atoms with E-state index in [-0.39, 0.29) is 12.5 Å². The Morgan fingerprint density at radius 3 is 2.27 bits per heavy atom. The average Bonchev–Trinajstić information content (AvgIpc) is 2.99. The summed E-state index contributed by atoms with van der Waals surface area (Å²) in [6, 6.07) is 8.57. The lowest BCUT2D eigenvalue weighted by molar-refractivity contribution is -0.131. The van der Waals surface area contributed by atoms with Crippen molar-refractivity contribution in [1.82, 2.24) is 19.8 Å². The zero-order chi connectivity index (χ0) is 21.3. The van der Waals surface area contributed by atoms with Crippen molar-refractivity contribution in [2.24, 2.45) is 0 Å². The SMILES string of the molecule is CCNc1cc(N2CCN(C(=O)CN3C(=O)c4ccccc4C3=O)CC2)nc(C)n1. The van der Waals surface area contributed by atoms with Gasteiger partial charge < -0.3 is 15.1 Å². The first-order valence-electron chi connectivity index (χ1n) is 10.1. The number of carbonyl (C=O) groups excluding carboxylic acids is 3. The maximum atomic E-state index is 12.8. The number of nitrogens with zero attached hydrogens (tertiary/aromatic N) is 5. The molecule has 2 aliphatic rings. The van der Waals surface area contributed by atoms with Crippen LogP contribution in [0.15, 0.2) is 30.3 Å². The van der Waals surface area contributed by atoms with Crippen LogP contribution in [0, 0.1) is 6.92 Å². The minimum Gasteiger partial charge on any atom is -0.370 e. The number of carbonyl (C=O) groups is 3. The molecule has 3 heterocycles. The third-order valence-electron chi connectivity index (χ3n) is 5.31. The van der Waals surface area contributed by atoms with E-state index in [9.17, 15) is 14.4 Å². The highest BCUT2D eigenvalue weighted by Gasteiger charge is 2.37. The highest BCUT2D eigenvalue weighted by molar-refractivity contribution is 6.22. The molecule has 1 N–H and O–H groups in total. The number of amides is 3. The van der Waals surface area contributed by atoms with E-state index in [1.54, 1.807) is 29.2 Å². The van der Waals surface area contributed by atoms with Gasteiger partial charge in [-0.15, -0.1) is 0 Å². The minimum absolute atomic E-state index is 0.226. The summed E-state index contributed by atoms with van der Waals surface area (Å²) in [6.07, 6.45) is 0. The van der Waals surface area contributed by atoms with Crippen molar-refractivity contribution in [3.05, 3.63) is 47.3 Å². The number of piperazine rings is 1. The quantitative estimate of drug-likeness (QED) is 0.741. The Morgan fingerprint density at radius 1 is 1.03 bits per heavy atom. The summed E-state index contributed by atoms with van der Waals surface area (Å²) < 4.78 is 0. The molecule has 0 saturated carbocycles. The number of aryl methyl sites for hydroxylation is 1. The molecule has 156 valence electrons. The van der Waals surface area contributed by atoms with Crippen LogP contribution in [0.2, 0.25) is 0 Å². The molecule has 9 heteroatoms. The van der Waals surface area contributed by atoms with E-state index in [1.807, 2.05) is 19.9 Å². The summed E-state index contributed by atoms with van der Waals surface area (Å²) in [5.74, 6) is 1.25. The Kier molecular flexibility index (Phi) is 5.35. The maximum absolute atomic E-state index is 12.8.